The lowest BCUT2D eigenvalue weighted by atomic mass is 9.78. The van der Waals surface area contributed by atoms with Crippen molar-refractivity contribution in [2.45, 2.75) is 56.7 Å². The van der Waals surface area contributed by atoms with Crippen molar-refractivity contribution in [2.24, 2.45) is 5.92 Å². The minimum absolute atomic E-state index is 0.844. The Morgan fingerprint density at radius 3 is 2.64 bits per heavy atom. The molecule has 2 rings (SSSR count). The Bertz CT molecular complexity index is 162. The molecule has 2 aliphatic rings. The molecular formula is C12H23NS. The summed E-state index contributed by atoms with van der Waals surface area (Å²) in [4.78, 5) is 0. The zero-order valence-electron chi connectivity index (χ0n) is 9.30. The second kappa shape index (κ2) is 5.41. The highest BCUT2D eigenvalue weighted by Crippen LogP contribution is 2.38. The van der Waals surface area contributed by atoms with Crippen LogP contribution in [0.2, 0.25) is 0 Å². The predicted molar refractivity (Wildman–Crippen MR) is 64.9 cm³/mol. The summed E-state index contributed by atoms with van der Waals surface area (Å²) < 4.78 is 0. The molecule has 1 saturated heterocycles. The number of rotatable bonds is 5. The van der Waals surface area contributed by atoms with Gasteiger partial charge in [0.15, 0.2) is 0 Å². The molecule has 82 valence electrons. The van der Waals surface area contributed by atoms with E-state index in [-0.39, 0.29) is 0 Å². The monoisotopic (exact) mass is 213 g/mol. The van der Waals surface area contributed by atoms with E-state index in [2.05, 4.69) is 24.0 Å². The van der Waals surface area contributed by atoms with Crippen LogP contribution in [0.5, 0.6) is 0 Å². The quantitative estimate of drug-likeness (QED) is 0.753. The van der Waals surface area contributed by atoms with Crippen LogP contribution in [0.3, 0.4) is 0 Å². The third-order valence-corrected chi connectivity index (χ3v) is 5.13. The lowest BCUT2D eigenvalue weighted by Crippen LogP contribution is -2.46. The maximum absolute atomic E-state index is 3.79. The van der Waals surface area contributed by atoms with Crippen molar-refractivity contribution in [1.82, 2.24) is 5.32 Å². The molecule has 0 aromatic carbocycles. The Labute approximate surface area is 92.4 Å². The summed E-state index contributed by atoms with van der Waals surface area (Å²) >= 11 is 2.22. The number of nitrogens with one attached hydrogen (secondary N) is 1. The van der Waals surface area contributed by atoms with Crippen LogP contribution in [0.15, 0.2) is 0 Å². The average Bonchev–Trinajstić information content (AvgIpc) is 2.61. The molecule has 0 bridgehead atoms. The molecule has 2 fully saturated rings. The van der Waals surface area contributed by atoms with Gasteiger partial charge in [0.1, 0.15) is 0 Å². The molecule has 1 aliphatic carbocycles. The average molecular weight is 213 g/mol. The highest BCUT2D eigenvalue weighted by Gasteiger charge is 2.34. The van der Waals surface area contributed by atoms with Crippen molar-refractivity contribution in [3.05, 3.63) is 0 Å². The van der Waals surface area contributed by atoms with Gasteiger partial charge in [-0.2, -0.15) is 11.8 Å². The minimum atomic E-state index is 0.844. The second-order valence-electron chi connectivity index (χ2n) is 4.72. The fourth-order valence-corrected chi connectivity index (χ4v) is 4.09. The van der Waals surface area contributed by atoms with Crippen molar-refractivity contribution in [3.63, 3.8) is 0 Å². The number of hydrogen-bond donors (Lipinski definition) is 1. The summed E-state index contributed by atoms with van der Waals surface area (Å²) in [5, 5.41) is 4.73. The Balaban J connectivity index is 1.83. The second-order valence-corrected chi connectivity index (χ2v) is 6.07. The van der Waals surface area contributed by atoms with Gasteiger partial charge in [0.25, 0.3) is 0 Å². The van der Waals surface area contributed by atoms with E-state index in [0.29, 0.717) is 0 Å². The van der Waals surface area contributed by atoms with Crippen LogP contribution in [-0.2, 0) is 0 Å². The van der Waals surface area contributed by atoms with Crippen molar-refractivity contribution in [3.8, 4) is 0 Å². The summed E-state index contributed by atoms with van der Waals surface area (Å²) in [6.07, 6.45) is 8.64. The van der Waals surface area contributed by atoms with Crippen molar-refractivity contribution in [1.29, 1.82) is 0 Å². The van der Waals surface area contributed by atoms with Crippen LogP contribution in [0, 0.1) is 5.92 Å². The largest absolute Gasteiger partial charge is 0.313 e. The summed E-state index contributed by atoms with van der Waals surface area (Å²) in [5.74, 6) is 2.42. The molecule has 1 saturated carbocycles. The molecule has 0 aromatic heterocycles. The van der Waals surface area contributed by atoms with Gasteiger partial charge in [0, 0.05) is 11.3 Å². The van der Waals surface area contributed by atoms with Gasteiger partial charge in [-0.05, 0) is 50.3 Å². The van der Waals surface area contributed by atoms with E-state index in [1.54, 1.807) is 0 Å². The van der Waals surface area contributed by atoms with Crippen LogP contribution in [-0.4, -0.2) is 23.6 Å². The SMILES string of the molecule is CCCNC(C1CCC1)C1CCCS1. The van der Waals surface area contributed by atoms with E-state index < -0.39 is 0 Å². The summed E-state index contributed by atoms with van der Waals surface area (Å²) in [6, 6.07) is 0.844. The van der Waals surface area contributed by atoms with E-state index >= 15 is 0 Å². The van der Waals surface area contributed by atoms with Crippen molar-refractivity contribution in [2.75, 3.05) is 12.3 Å². The molecule has 2 unspecified atom stereocenters. The predicted octanol–water partition coefficient (Wildman–Crippen LogP) is 3.05. The molecule has 2 heteroatoms. The van der Waals surface area contributed by atoms with Gasteiger partial charge in [-0.3, -0.25) is 0 Å². The lowest BCUT2D eigenvalue weighted by Gasteiger charge is -2.37. The first-order valence-corrected chi connectivity index (χ1v) is 7.31. The van der Waals surface area contributed by atoms with Gasteiger partial charge in [-0.25, -0.2) is 0 Å². The van der Waals surface area contributed by atoms with Gasteiger partial charge < -0.3 is 5.32 Å². The van der Waals surface area contributed by atoms with Crippen LogP contribution in [0.4, 0.5) is 0 Å². The summed E-state index contributed by atoms with van der Waals surface area (Å²) in [6.45, 7) is 3.49. The Morgan fingerprint density at radius 1 is 1.29 bits per heavy atom. The van der Waals surface area contributed by atoms with E-state index in [1.165, 1.54) is 50.8 Å². The molecule has 2 atom stereocenters. The zero-order chi connectivity index (χ0) is 9.80. The van der Waals surface area contributed by atoms with E-state index in [1.807, 2.05) is 0 Å². The van der Waals surface area contributed by atoms with Crippen LogP contribution >= 0.6 is 11.8 Å². The lowest BCUT2D eigenvalue weighted by molar-refractivity contribution is 0.223. The first-order valence-electron chi connectivity index (χ1n) is 6.27. The van der Waals surface area contributed by atoms with Gasteiger partial charge >= 0.3 is 0 Å². The third-order valence-electron chi connectivity index (χ3n) is 3.65. The topological polar surface area (TPSA) is 12.0 Å². The third kappa shape index (κ3) is 2.46. The molecule has 1 N–H and O–H groups in total. The molecule has 14 heavy (non-hydrogen) atoms. The zero-order valence-corrected chi connectivity index (χ0v) is 10.1. The Morgan fingerprint density at radius 2 is 2.14 bits per heavy atom. The van der Waals surface area contributed by atoms with Crippen LogP contribution < -0.4 is 5.32 Å². The Hall–Kier alpha value is 0.310. The maximum Gasteiger partial charge on any atom is 0.0214 e. The molecular weight excluding hydrogens is 190 g/mol. The van der Waals surface area contributed by atoms with E-state index in [0.717, 1.165) is 17.2 Å². The maximum atomic E-state index is 3.79. The van der Waals surface area contributed by atoms with Gasteiger partial charge in [-0.1, -0.05) is 13.3 Å². The normalized spacial score (nSPS) is 30.2. The molecule has 0 amide bonds. The Kier molecular flexibility index (Phi) is 4.18. The molecule has 1 heterocycles. The summed E-state index contributed by atoms with van der Waals surface area (Å²) in [7, 11) is 0. The first-order chi connectivity index (χ1) is 6.92. The smallest absolute Gasteiger partial charge is 0.0214 e. The van der Waals surface area contributed by atoms with Crippen molar-refractivity contribution >= 4 is 11.8 Å². The fourth-order valence-electron chi connectivity index (χ4n) is 2.60. The fraction of sp³-hybridized carbons (Fsp3) is 1.00. The first kappa shape index (κ1) is 10.8. The van der Waals surface area contributed by atoms with Crippen LogP contribution in [0.1, 0.15) is 45.4 Å². The van der Waals surface area contributed by atoms with Gasteiger partial charge in [0.2, 0.25) is 0 Å². The van der Waals surface area contributed by atoms with E-state index in [9.17, 15) is 0 Å². The number of thioether (sulfide) groups is 1. The molecule has 0 aromatic rings. The minimum Gasteiger partial charge on any atom is -0.313 e. The number of hydrogen-bond acceptors (Lipinski definition) is 2. The van der Waals surface area contributed by atoms with Crippen LogP contribution in [0.25, 0.3) is 0 Å². The molecule has 0 radical (unpaired) electrons. The highest BCUT2D eigenvalue weighted by atomic mass is 32.2. The highest BCUT2D eigenvalue weighted by molar-refractivity contribution is 8.00. The molecule has 0 spiro atoms. The molecule has 1 aliphatic heterocycles. The van der Waals surface area contributed by atoms with Gasteiger partial charge in [-0.15, -0.1) is 0 Å². The van der Waals surface area contributed by atoms with Gasteiger partial charge in [0.05, 0.1) is 0 Å². The standard InChI is InChI=1S/C12H23NS/c1-2-8-13-12(10-5-3-6-10)11-7-4-9-14-11/h10-13H,2-9H2,1H3. The van der Waals surface area contributed by atoms with E-state index in [4.69, 9.17) is 0 Å². The van der Waals surface area contributed by atoms with Crippen molar-refractivity contribution < 1.29 is 0 Å². The molecule has 1 nitrogen and oxygen atoms in total. The summed E-state index contributed by atoms with van der Waals surface area (Å²) in [5.41, 5.74) is 0.